The summed E-state index contributed by atoms with van der Waals surface area (Å²) < 4.78 is 13.8. The molecule has 2 rings (SSSR count). The third-order valence-corrected chi connectivity index (χ3v) is 3.28. The molecule has 0 bridgehead atoms. The van der Waals surface area contributed by atoms with E-state index >= 15 is 0 Å². The molecule has 0 aromatic heterocycles. The number of aryl methyl sites for hydroxylation is 1. The predicted molar refractivity (Wildman–Crippen MR) is 61.2 cm³/mol. The molecule has 1 N–H and O–H groups in total. The first-order valence-corrected chi connectivity index (χ1v) is 6.07. The summed E-state index contributed by atoms with van der Waals surface area (Å²) in [6, 6.07) is 4.88. The van der Waals surface area contributed by atoms with Gasteiger partial charge in [-0.25, -0.2) is 4.39 Å². The molecule has 82 valence electrons. The van der Waals surface area contributed by atoms with E-state index in [4.69, 9.17) is 0 Å². The van der Waals surface area contributed by atoms with Crippen LogP contribution in [0, 0.1) is 11.7 Å². The molecule has 1 aliphatic carbocycles. The topological polar surface area (TPSA) is 20.2 Å². The normalized spacial score (nSPS) is 17.8. The van der Waals surface area contributed by atoms with E-state index in [0.29, 0.717) is 5.92 Å². The van der Waals surface area contributed by atoms with Gasteiger partial charge in [-0.3, -0.25) is 0 Å². The van der Waals surface area contributed by atoms with Crippen molar-refractivity contribution in [2.45, 2.75) is 31.8 Å². The van der Waals surface area contributed by atoms with Crippen molar-refractivity contribution in [3.63, 3.8) is 0 Å². The van der Waals surface area contributed by atoms with Crippen LogP contribution >= 0.6 is 15.9 Å². The number of hydrogen-bond donors (Lipinski definition) is 1. The van der Waals surface area contributed by atoms with Gasteiger partial charge in [-0.1, -0.05) is 15.9 Å². The molecule has 1 nitrogen and oxygen atoms in total. The smallest absolute Gasteiger partial charge is 0.124 e. The Kier molecular flexibility index (Phi) is 3.42. The van der Waals surface area contributed by atoms with Gasteiger partial charge in [0.25, 0.3) is 0 Å². The van der Waals surface area contributed by atoms with Gasteiger partial charge in [0.2, 0.25) is 0 Å². The van der Waals surface area contributed by atoms with Crippen molar-refractivity contribution in [1.82, 2.24) is 0 Å². The first-order valence-electron chi connectivity index (χ1n) is 5.28. The van der Waals surface area contributed by atoms with Crippen molar-refractivity contribution < 1.29 is 9.50 Å². The summed E-state index contributed by atoms with van der Waals surface area (Å²) in [5.74, 6) is 0.280. The van der Waals surface area contributed by atoms with Gasteiger partial charge in [0, 0.05) is 4.47 Å². The van der Waals surface area contributed by atoms with Gasteiger partial charge in [0.1, 0.15) is 5.82 Å². The van der Waals surface area contributed by atoms with Crippen LogP contribution in [0.5, 0.6) is 0 Å². The minimum absolute atomic E-state index is 0.202. The van der Waals surface area contributed by atoms with E-state index in [-0.39, 0.29) is 11.9 Å². The number of hydrogen-bond acceptors (Lipinski definition) is 1. The summed E-state index contributed by atoms with van der Waals surface area (Å²) in [5.41, 5.74) is 0.946. The number of aliphatic hydroxyl groups excluding tert-OH is 1. The van der Waals surface area contributed by atoms with Crippen LogP contribution in [-0.2, 0) is 6.42 Å². The van der Waals surface area contributed by atoms with Gasteiger partial charge in [0.05, 0.1) is 6.10 Å². The highest BCUT2D eigenvalue weighted by molar-refractivity contribution is 9.10. The quantitative estimate of drug-likeness (QED) is 0.892. The molecular weight excluding hydrogens is 259 g/mol. The summed E-state index contributed by atoms with van der Waals surface area (Å²) in [7, 11) is 0. The molecule has 1 fully saturated rings. The fourth-order valence-electron chi connectivity index (χ4n) is 1.79. The Morgan fingerprint density at radius 2 is 2.13 bits per heavy atom. The average Bonchev–Trinajstić information content (AvgIpc) is 2.95. The molecule has 0 aliphatic heterocycles. The maximum Gasteiger partial charge on any atom is 0.124 e. The zero-order chi connectivity index (χ0) is 10.8. The Morgan fingerprint density at radius 1 is 1.40 bits per heavy atom. The van der Waals surface area contributed by atoms with Crippen molar-refractivity contribution in [1.29, 1.82) is 0 Å². The molecule has 1 aromatic rings. The van der Waals surface area contributed by atoms with Crippen molar-refractivity contribution in [3.8, 4) is 0 Å². The van der Waals surface area contributed by atoms with Crippen LogP contribution < -0.4 is 0 Å². The molecule has 1 aliphatic rings. The number of aliphatic hydroxyl groups is 1. The monoisotopic (exact) mass is 272 g/mol. The van der Waals surface area contributed by atoms with Gasteiger partial charge in [-0.05, 0) is 55.4 Å². The molecule has 0 spiro atoms. The van der Waals surface area contributed by atoms with Crippen molar-refractivity contribution >= 4 is 15.9 Å². The molecular formula is C12H14BrFO. The Balaban J connectivity index is 1.91. The first kappa shape index (κ1) is 11.1. The average molecular weight is 273 g/mol. The highest BCUT2D eigenvalue weighted by Crippen LogP contribution is 2.34. The van der Waals surface area contributed by atoms with Crippen LogP contribution in [0.1, 0.15) is 24.8 Å². The van der Waals surface area contributed by atoms with E-state index in [9.17, 15) is 9.50 Å². The van der Waals surface area contributed by atoms with E-state index in [1.54, 1.807) is 0 Å². The largest absolute Gasteiger partial charge is 0.393 e. The molecule has 1 aromatic carbocycles. The van der Waals surface area contributed by atoms with E-state index < -0.39 is 0 Å². The maximum absolute atomic E-state index is 13.0. The number of rotatable bonds is 4. The molecule has 0 radical (unpaired) electrons. The summed E-state index contributed by atoms with van der Waals surface area (Å²) in [5, 5.41) is 9.68. The second-order valence-corrected chi connectivity index (χ2v) is 5.14. The fourth-order valence-corrected chi connectivity index (χ4v) is 2.30. The van der Waals surface area contributed by atoms with E-state index in [0.717, 1.165) is 35.7 Å². The lowest BCUT2D eigenvalue weighted by Crippen LogP contribution is -2.10. The summed E-state index contributed by atoms with van der Waals surface area (Å²) >= 11 is 3.26. The Bertz CT molecular complexity index is 329. The fraction of sp³-hybridized carbons (Fsp3) is 0.500. The third-order valence-electron chi connectivity index (χ3n) is 2.82. The highest BCUT2D eigenvalue weighted by Gasteiger charge is 2.29. The van der Waals surface area contributed by atoms with Crippen LogP contribution in [0.3, 0.4) is 0 Å². The molecule has 1 atom stereocenters. The molecule has 1 unspecified atom stereocenters. The van der Waals surface area contributed by atoms with Crippen LogP contribution in [-0.4, -0.2) is 11.2 Å². The van der Waals surface area contributed by atoms with Gasteiger partial charge in [-0.15, -0.1) is 0 Å². The molecule has 0 saturated heterocycles. The highest BCUT2D eigenvalue weighted by atomic mass is 79.9. The Morgan fingerprint density at radius 3 is 2.73 bits per heavy atom. The van der Waals surface area contributed by atoms with Crippen LogP contribution in [0.4, 0.5) is 4.39 Å². The molecule has 1 saturated carbocycles. The van der Waals surface area contributed by atoms with Crippen molar-refractivity contribution in [2.24, 2.45) is 5.92 Å². The van der Waals surface area contributed by atoms with Crippen LogP contribution in [0.2, 0.25) is 0 Å². The zero-order valence-electron chi connectivity index (χ0n) is 8.42. The number of halogens is 2. The van der Waals surface area contributed by atoms with Crippen LogP contribution in [0.25, 0.3) is 0 Å². The Hall–Kier alpha value is -0.410. The first-order chi connectivity index (χ1) is 7.15. The maximum atomic E-state index is 13.0. The van der Waals surface area contributed by atoms with Crippen molar-refractivity contribution in [2.75, 3.05) is 0 Å². The van der Waals surface area contributed by atoms with E-state index in [2.05, 4.69) is 15.9 Å². The molecule has 0 amide bonds. The second kappa shape index (κ2) is 4.62. The SMILES string of the molecule is OC(CCc1cc(F)cc(Br)c1)C1CC1. The predicted octanol–water partition coefficient (Wildman–Crippen LogP) is 3.29. The van der Waals surface area contributed by atoms with Gasteiger partial charge >= 0.3 is 0 Å². The zero-order valence-corrected chi connectivity index (χ0v) is 10.0. The van der Waals surface area contributed by atoms with Crippen LogP contribution in [0.15, 0.2) is 22.7 Å². The standard InChI is InChI=1S/C12H14BrFO/c13-10-5-8(6-11(14)7-10)1-4-12(15)9-2-3-9/h5-7,9,12,15H,1-4H2. The summed E-state index contributed by atoms with van der Waals surface area (Å²) in [4.78, 5) is 0. The molecule has 3 heteroatoms. The summed E-state index contributed by atoms with van der Waals surface area (Å²) in [6.07, 6.45) is 3.57. The summed E-state index contributed by atoms with van der Waals surface area (Å²) in [6.45, 7) is 0. The van der Waals surface area contributed by atoms with E-state index in [1.807, 2.05) is 6.07 Å². The minimum atomic E-state index is -0.222. The van der Waals surface area contributed by atoms with E-state index in [1.165, 1.54) is 12.1 Å². The Labute approximate surface area is 97.4 Å². The lowest BCUT2D eigenvalue weighted by atomic mass is 10.0. The lowest BCUT2D eigenvalue weighted by molar-refractivity contribution is 0.142. The second-order valence-electron chi connectivity index (χ2n) is 4.22. The molecule has 0 heterocycles. The van der Waals surface area contributed by atoms with Gasteiger partial charge in [0.15, 0.2) is 0 Å². The number of benzene rings is 1. The lowest BCUT2D eigenvalue weighted by Gasteiger charge is -2.09. The van der Waals surface area contributed by atoms with Gasteiger partial charge < -0.3 is 5.11 Å². The minimum Gasteiger partial charge on any atom is -0.393 e. The van der Waals surface area contributed by atoms with Gasteiger partial charge in [-0.2, -0.15) is 0 Å². The van der Waals surface area contributed by atoms with Crippen molar-refractivity contribution in [3.05, 3.63) is 34.1 Å². The third kappa shape index (κ3) is 3.28. The molecule has 15 heavy (non-hydrogen) atoms.